The van der Waals surface area contributed by atoms with Crippen molar-refractivity contribution in [3.8, 4) is 5.75 Å². The SMILES string of the molecule is COc1ccccc1SC(C)C(=O)NC(C)c1ccc(Cl)cc1Cl. The number of benzene rings is 2. The minimum atomic E-state index is -0.269. The standard InChI is InChI=1S/C18H19Cl2NO2S/c1-11(14-9-8-13(19)10-15(14)20)21-18(22)12(2)24-17-7-5-4-6-16(17)23-3/h4-12H,1-3H3,(H,21,22). The minimum absolute atomic E-state index is 0.0653. The van der Waals surface area contributed by atoms with E-state index in [-0.39, 0.29) is 17.2 Å². The minimum Gasteiger partial charge on any atom is -0.496 e. The molecule has 0 heterocycles. The molecule has 2 aromatic rings. The van der Waals surface area contributed by atoms with Crippen molar-refractivity contribution in [2.45, 2.75) is 30.0 Å². The topological polar surface area (TPSA) is 38.3 Å². The van der Waals surface area contributed by atoms with Crippen LogP contribution in [0.1, 0.15) is 25.5 Å². The molecule has 2 atom stereocenters. The second-order valence-corrected chi connectivity index (χ2v) is 7.53. The average Bonchev–Trinajstić information content (AvgIpc) is 2.55. The van der Waals surface area contributed by atoms with E-state index in [2.05, 4.69) is 5.32 Å². The van der Waals surface area contributed by atoms with Crippen LogP contribution in [0, 0.1) is 0 Å². The quantitative estimate of drug-likeness (QED) is 0.682. The fourth-order valence-electron chi connectivity index (χ4n) is 2.22. The summed E-state index contributed by atoms with van der Waals surface area (Å²) in [4.78, 5) is 13.4. The van der Waals surface area contributed by atoms with Crippen molar-refractivity contribution < 1.29 is 9.53 Å². The Kier molecular flexibility index (Phi) is 6.84. The maximum Gasteiger partial charge on any atom is 0.233 e. The van der Waals surface area contributed by atoms with Gasteiger partial charge in [0, 0.05) is 10.0 Å². The molecule has 0 saturated heterocycles. The third kappa shape index (κ3) is 4.82. The van der Waals surface area contributed by atoms with Gasteiger partial charge in [0.05, 0.1) is 23.3 Å². The van der Waals surface area contributed by atoms with Crippen LogP contribution in [0.5, 0.6) is 5.75 Å². The molecule has 0 aliphatic carbocycles. The van der Waals surface area contributed by atoms with E-state index in [9.17, 15) is 4.79 Å². The first-order valence-electron chi connectivity index (χ1n) is 7.47. The van der Waals surface area contributed by atoms with E-state index in [4.69, 9.17) is 27.9 Å². The van der Waals surface area contributed by atoms with Crippen molar-refractivity contribution in [3.63, 3.8) is 0 Å². The van der Waals surface area contributed by atoms with E-state index >= 15 is 0 Å². The summed E-state index contributed by atoms with van der Waals surface area (Å²) in [6, 6.07) is 12.7. The van der Waals surface area contributed by atoms with Crippen molar-refractivity contribution >= 4 is 40.9 Å². The Morgan fingerprint density at radius 3 is 2.54 bits per heavy atom. The molecule has 0 aromatic heterocycles. The van der Waals surface area contributed by atoms with Gasteiger partial charge in [-0.2, -0.15) is 0 Å². The van der Waals surface area contributed by atoms with Crippen LogP contribution in [0.25, 0.3) is 0 Å². The van der Waals surface area contributed by atoms with Crippen LogP contribution in [-0.2, 0) is 4.79 Å². The highest BCUT2D eigenvalue weighted by atomic mass is 35.5. The van der Waals surface area contributed by atoms with Crippen molar-refractivity contribution in [2.24, 2.45) is 0 Å². The van der Waals surface area contributed by atoms with Gasteiger partial charge in [-0.3, -0.25) is 4.79 Å². The molecule has 2 aromatic carbocycles. The molecule has 2 rings (SSSR count). The highest BCUT2D eigenvalue weighted by molar-refractivity contribution is 8.00. The molecule has 0 bridgehead atoms. The lowest BCUT2D eigenvalue weighted by molar-refractivity contribution is -0.120. The van der Waals surface area contributed by atoms with Gasteiger partial charge in [0.25, 0.3) is 0 Å². The number of para-hydroxylation sites is 1. The molecule has 128 valence electrons. The summed E-state index contributed by atoms with van der Waals surface area (Å²) in [7, 11) is 1.62. The number of rotatable bonds is 6. The Labute approximate surface area is 156 Å². The summed E-state index contributed by atoms with van der Waals surface area (Å²) in [6.45, 7) is 3.76. The molecule has 1 amide bonds. The maximum atomic E-state index is 12.5. The summed E-state index contributed by atoms with van der Waals surface area (Å²) in [5, 5.41) is 3.83. The zero-order valence-corrected chi connectivity index (χ0v) is 16.0. The van der Waals surface area contributed by atoms with E-state index in [1.54, 1.807) is 19.2 Å². The van der Waals surface area contributed by atoms with Crippen LogP contribution in [0.2, 0.25) is 10.0 Å². The molecule has 0 aliphatic heterocycles. The number of hydrogen-bond donors (Lipinski definition) is 1. The number of carbonyl (C=O) groups excluding carboxylic acids is 1. The number of halogens is 2. The predicted molar refractivity (Wildman–Crippen MR) is 101 cm³/mol. The molecular weight excluding hydrogens is 365 g/mol. The molecule has 6 heteroatoms. The smallest absolute Gasteiger partial charge is 0.233 e. The summed E-state index contributed by atoms with van der Waals surface area (Å²) in [5.74, 6) is 0.695. The number of carbonyl (C=O) groups is 1. The third-order valence-corrected chi connectivity index (χ3v) is 5.25. The molecule has 0 aliphatic rings. The summed E-state index contributed by atoms with van der Waals surface area (Å²) >= 11 is 13.6. The second kappa shape index (κ2) is 8.65. The Morgan fingerprint density at radius 2 is 1.88 bits per heavy atom. The molecule has 0 radical (unpaired) electrons. The number of nitrogens with one attached hydrogen (secondary N) is 1. The van der Waals surface area contributed by atoms with Crippen LogP contribution in [0.3, 0.4) is 0 Å². The van der Waals surface area contributed by atoms with Crippen LogP contribution in [0.15, 0.2) is 47.4 Å². The van der Waals surface area contributed by atoms with Crippen molar-refractivity contribution in [2.75, 3.05) is 7.11 Å². The number of hydrogen-bond acceptors (Lipinski definition) is 3. The molecule has 0 saturated carbocycles. The summed E-state index contributed by atoms with van der Waals surface area (Å²) in [5.41, 5.74) is 0.837. The zero-order valence-electron chi connectivity index (χ0n) is 13.7. The lowest BCUT2D eigenvalue weighted by Crippen LogP contribution is -2.33. The first-order valence-corrected chi connectivity index (χ1v) is 9.11. The van der Waals surface area contributed by atoms with Gasteiger partial charge in [-0.05, 0) is 43.7 Å². The zero-order chi connectivity index (χ0) is 17.7. The summed E-state index contributed by atoms with van der Waals surface area (Å²) < 4.78 is 5.32. The number of amides is 1. The van der Waals surface area contributed by atoms with Gasteiger partial charge in [0.15, 0.2) is 0 Å². The van der Waals surface area contributed by atoms with Gasteiger partial charge in [0.2, 0.25) is 5.91 Å². The Morgan fingerprint density at radius 1 is 1.17 bits per heavy atom. The highest BCUT2D eigenvalue weighted by Crippen LogP contribution is 2.32. The Bertz CT molecular complexity index is 724. The molecule has 1 N–H and O–H groups in total. The molecule has 24 heavy (non-hydrogen) atoms. The van der Waals surface area contributed by atoms with Crippen LogP contribution in [0.4, 0.5) is 0 Å². The molecule has 2 unspecified atom stereocenters. The van der Waals surface area contributed by atoms with Crippen molar-refractivity contribution in [1.82, 2.24) is 5.32 Å². The van der Waals surface area contributed by atoms with E-state index in [1.807, 2.05) is 44.2 Å². The average molecular weight is 384 g/mol. The largest absolute Gasteiger partial charge is 0.496 e. The van der Waals surface area contributed by atoms with E-state index in [1.165, 1.54) is 11.8 Å². The predicted octanol–water partition coefficient (Wildman–Crippen LogP) is 5.36. The molecular formula is C18H19Cl2NO2S. The second-order valence-electron chi connectivity index (χ2n) is 5.31. The fraction of sp³-hybridized carbons (Fsp3) is 0.278. The van der Waals surface area contributed by atoms with Crippen molar-refractivity contribution in [3.05, 3.63) is 58.1 Å². The normalized spacial score (nSPS) is 13.2. The van der Waals surface area contributed by atoms with Crippen LogP contribution >= 0.6 is 35.0 Å². The van der Waals surface area contributed by atoms with E-state index in [0.717, 1.165) is 16.2 Å². The van der Waals surface area contributed by atoms with Crippen LogP contribution < -0.4 is 10.1 Å². The monoisotopic (exact) mass is 383 g/mol. The lowest BCUT2D eigenvalue weighted by atomic mass is 10.1. The fourth-order valence-corrected chi connectivity index (χ4v) is 3.77. The number of thioether (sulfide) groups is 1. The molecule has 0 spiro atoms. The maximum absolute atomic E-state index is 12.5. The Balaban J connectivity index is 2.03. The van der Waals surface area contributed by atoms with Gasteiger partial charge in [0.1, 0.15) is 5.75 Å². The number of methoxy groups -OCH3 is 1. The third-order valence-electron chi connectivity index (χ3n) is 3.53. The van der Waals surface area contributed by atoms with Crippen molar-refractivity contribution in [1.29, 1.82) is 0 Å². The van der Waals surface area contributed by atoms with Gasteiger partial charge in [-0.25, -0.2) is 0 Å². The van der Waals surface area contributed by atoms with Gasteiger partial charge in [-0.1, -0.05) is 41.4 Å². The highest BCUT2D eigenvalue weighted by Gasteiger charge is 2.20. The lowest BCUT2D eigenvalue weighted by Gasteiger charge is -2.19. The van der Waals surface area contributed by atoms with Gasteiger partial charge < -0.3 is 10.1 Å². The molecule has 0 fully saturated rings. The number of ether oxygens (including phenoxy) is 1. The van der Waals surface area contributed by atoms with Gasteiger partial charge in [-0.15, -0.1) is 11.8 Å². The van der Waals surface area contributed by atoms with E-state index < -0.39 is 0 Å². The van der Waals surface area contributed by atoms with E-state index in [0.29, 0.717) is 10.0 Å². The van der Waals surface area contributed by atoms with Gasteiger partial charge >= 0.3 is 0 Å². The Hall–Kier alpha value is -1.36. The first-order chi connectivity index (χ1) is 11.4. The molecule has 3 nitrogen and oxygen atoms in total. The van der Waals surface area contributed by atoms with Crippen LogP contribution in [-0.4, -0.2) is 18.3 Å². The summed E-state index contributed by atoms with van der Waals surface area (Å²) in [6.07, 6.45) is 0. The first kappa shape index (κ1) is 19.0.